The first-order valence-electron chi connectivity index (χ1n) is 7.72. The first kappa shape index (κ1) is 17.8. The maximum atomic E-state index is 13.2. The number of aryl methyl sites for hydroxylation is 1. The molecule has 0 aliphatic heterocycles. The highest BCUT2D eigenvalue weighted by molar-refractivity contribution is 7.98. The fourth-order valence-corrected chi connectivity index (χ4v) is 3.77. The number of ketones is 1. The lowest BCUT2D eigenvalue weighted by molar-refractivity contribution is -0.139. The minimum absolute atomic E-state index is 0.0229. The largest absolute Gasteiger partial charge is 0.493 e. The van der Waals surface area contributed by atoms with Crippen LogP contribution in [-0.4, -0.2) is 26.9 Å². The van der Waals surface area contributed by atoms with E-state index in [1.54, 1.807) is 6.26 Å². The van der Waals surface area contributed by atoms with Gasteiger partial charge >= 0.3 is 6.18 Å². The average Bonchev–Trinajstić information content (AvgIpc) is 3.32. The third kappa shape index (κ3) is 3.03. The molecule has 134 valence electrons. The van der Waals surface area contributed by atoms with Gasteiger partial charge in [-0.25, -0.2) is 4.68 Å². The Morgan fingerprint density at radius 2 is 2.00 bits per heavy atom. The molecule has 1 N–H and O–H groups in total. The number of halogens is 3. The Hall–Kier alpha value is -1.96. The Balaban J connectivity index is 2.13. The summed E-state index contributed by atoms with van der Waals surface area (Å²) < 4.78 is 40.7. The predicted octanol–water partition coefficient (Wildman–Crippen LogP) is 4.28. The smallest absolute Gasteiger partial charge is 0.417 e. The number of hydrogen-bond donors (Lipinski definition) is 1. The number of aromatic nitrogens is 2. The van der Waals surface area contributed by atoms with Crippen molar-refractivity contribution in [1.29, 1.82) is 0 Å². The number of benzene rings is 1. The van der Waals surface area contributed by atoms with Gasteiger partial charge in [-0.05, 0) is 37.7 Å². The number of nitrogens with zero attached hydrogens (tertiary/aromatic N) is 2. The first-order valence-corrected chi connectivity index (χ1v) is 8.94. The molecular weight excluding hydrogens is 353 g/mol. The van der Waals surface area contributed by atoms with Gasteiger partial charge in [0.15, 0.2) is 0 Å². The van der Waals surface area contributed by atoms with Crippen molar-refractivity contribution < 1.29 is 23.1 Å². The van der Waals surface area contributed by atoms with Gasteiger partial charge in [0.2, 0.25) is 11.7 Å². The van der Waals surface area contributed by atoms with Crippen LogP contribution >= 0.6 is 11.8 Å². The lowest BCUT2D eigenvalue weighted by Crippen LogP contribution is -2.12. The topological polar surface area (TPSA) is 55.1 Å². The van der Waals surface area contributed by atoms with Gasteiger partial charge in [0, 0.05) is 23.4 Å². The van der Waals surface area contributed by atoms with Crippen molar-refractivity contribution >= 4 is 17.5 Å². The van der Waals surface area contributed by atoms with Crippen molar-refractivity contribution in [2.75, 3.05) is 6.26 Å². The summed E-state index contributed by atoms with van der Waals surface area (Å²) in [5, 5.41) is 14.4. The molecule has 0 saturated heterocycles. The van der Waals surface area contributed by atoms with E-state index in [0.717, 1.165) is 30.7 Å². The summed E-state index contributed by atoms with van der Waals surface area (Å²) in [5.41, 5.74) is 0.279. The van der Waals surface area contributed by atoms with E-state index in [4.69, 9.17) is 0 Å². The van der Waals surface area contributed by atoms with Crippen LogP contribution in [0.2, 0.25) is 0 Å². The second-order valence-corrected chi connectivity index (χ2v) is 6.94. The summed E-state index contributed by atoms with van der Waals surface area (Å²) >= 11 is 0.952. The highest BCUT2D eigenvalue weighted by Gasteiger charge is 2.37. The summed E-state index contributed by atoms with van der Waals surface area (Å²) in [6.07, 6.45) is -1.17. The Labute approximate surface area is 147 Å². The summed E-state index contributed by atoms with van der Waals surface area (Å²) in [6, 6.07) is 2.11. The first-order chi connectivity index (χ1) is 11.7. The van der Waals surface area contributed by atoms with E-state index < -0.39 is 17.5 Å². The normalized spacial score (nSPS) is 14.8. The van der Waals surface area contributed by atoms with Crippen molar-refractivity contribution in [2.24, 2.45) is 7.05 Å². The van der Waals surface area contributed by atoms with Crippen LogP contribution in [0.3, 0.4) is 0 Å². The molecule has 1 aromatic carbocycles. The van der Waals surface area contributed by atoms with Crippen molar-refractivity contribution in [3.05, 3.63) is 40.1 Å². The molecule has 25 heavy (non-hydrogen) atoms. The van der Waals surface area contributed by atoms with Crippen LogP contribution in [0, 0.1) is 6.92 Å². The molecule has 8 heteroatoms. The minimum Gasteiger partial charge on any atom is -0.493 e. The van der Waals surface area contributed by atoms with Gasteiger partial charge in [0.1, 0.15) is 5.56 Å². The summed E-state index contributed by atoms with van der Waals surface area (Å²) in [6.45, 7) is 1.50. The monoisotopic (exact) mass is 370 g/mol. The third-order valence-corrected chi connectivity index (χ3v) is 5.33. The molecule has 0 amide bonds. The number of thioether (sulfide) groups is 1. The zero-order valence-corrected chi connectivity index (χ0v) is 14.8. The minimum atomic E-state index is -4.49. The van der Waals surface area contributed by atoms with Crippen molar-refractivity contribution in [2.45, 2.75) is 36.8 Å². The van der Waals surface area contributed by atoms with Crippen molar-refractivity contribution in [3.63, 3.8) is 0 Å². The van der Waals surface area contributed by atoms with Crippen LogP contribution in [-0.2, 0) is 13.2 Å². The molecule has 0 radical (unpaired) electrons. The van der Waals surface area contributed by atoms with E-state index >= 15 is 0 Å². The maximum absolute atomic E-state index is 13.2. The van der Waals surface area contributed by atoms with Gasteiger partial charge in [-0.15, -0.1) is 11.8 Å². The Kier molecular flexibility index (Phi) is 4.35. The lowest BCUT2D eigenvalue weighted by Gasteiger charge is -2.16. The number of carbonyl (C=O) groups is 1. The maximum Gasteiger partial charge on any atom is 0.417 e. The fraction of sp³-hybridized carbons (Fsp3) is 0.412. The highest BCUT2D eigenvalue weighted by Crippen LogP contribution is 2.44. The molecule has 0 bridgehead atoms. The molecule has 1 saturated carbocycles. The number of alkyl halides is 3. The molecule has 1 aliphatic carbocycles. The van der Waals surface area contributed by atoms with Crippen LogP contribution in [0.1, 0.15) is 51.5 Å². The van der Waals surface area contributed by atoms with E-state index in [9.17, 15) is 23.1 Å². The zero-order chi connectivity index (χ0) is 18.5. The van der Waals surface area contributed by atoms with E-state index in [-0.39, 0.29) is 33.4 Å². The molecule has 4 nitrogen and oxygen atoms in total. The Morgan fingerprint density at radius 1 is 1.36 bits per heavy atom. The van der Waals surface area contributed by atoms with Crippen molar-refractivity contribution in [3.8, 4) is 5.88 Å². The van der Waals surface area contributed by atoms with Crippen LogP contribution < -0.4 is 0 Å². The van der Waals surface area contributed by atoms with Crippen LogP contribution in [0.15, 0.2) is 17.0 Å². The standard InChI is InChI=1S/C17H17F3N2O2S/c1-8-10(6-7-11(15(8)25-3)17(18,19)20)14(23)12-13(9-4-5-9)21-22(2)16(12)24/h6-7,9,24H,4-5H2,1-3H3. The quantitative estimate of drug-likeness (QED) is 0.645. The second-order valence-electron chi connectivity index (χ2n) is 6.13. The lowest BCUT2D eigenvalue weighted by atomic mass is 9.96. The number of carbonyl (C=O) groups excluding carboxylic acids is 1. The van der Waals surface area contributed by atoms with E-state index in [1.807, 2.05) is 0 Å². The van der Waals surface area contributed by atoms with Crippen molar-refractivity contribution in [1.82, 2.24) is 9.78 Å². The van der Waals surface area contributed by atoms with Gasteiger partial charge < -0.3 is 5.11 Å². The van der Waals surface area contributed by atoms with Gasteiger partial charge in [0.05, 0.1) is 11.3 Å². The molecule has 0 spiro atoms. The zero-order valence-electron chi connectivity index (χ0n) is 13.9. The molecule has 0 unspecified atom stereocenters. The second kappa shape index (κ2) is 6.09. The molecule has 1 fully saturated rings. The van der Waals surface area contributed by atoms with E-state index in [0.29, 0.717) is 5.69 Å². The van der Waals surface area contributed by atoms with E-state index in [2.05, 4.69) is 5.10 Å². The van der Waals surface area contributed by atoms with Crippen LogP contribution in [0.5, 0.6) is 5.88 Å². The van der Waals surface area contributed by atoms with Crippen LogP contribution in [0.4, 0.5) is 13.2 Å². The Morgan fingerprint density at radius 3 is 2.52 bits per heavy atom. The molecule has 2 aromatic rings. The summed E-state index contributed by atoms with van der Waals surface area (Å²) in [4.78, 5) is 13.0. The molecule has 1 heterocycles. The molecular formula is C17H17F3N2O2S. The van der Waals surface area contributed by atoms with Gasteiger partial charge in [-0.3, -0.25) is 4.79 Å². The van der Waals surface area contributed by atoms with E-state index in [1.165, 1.54) is 24.7 Å². The molecule has 3 rings (SSSR count). The predicted molar refractivity (Wildman–Crippen MR) is 88.2 cm³/mol. The third-order valence-electron chi connectivity index (χ3n) is 4.40. The molecule has 0 atom stereocenters. The number of hydrogen-bond acceptors (Lipinski definition) is 4. The SMILES string of the molecule is CSc1c(C(F)(F)F)ccc(C(=O)c2c(C3CC3)nn(C)c2O)c1C. The summed E-state index contributed by atoms with van der Waals surface area (Å²) in [5.74, 6) is -0.619. The molecule has 1 aliphatic rings. The fourth-order valence-electron chi connectivity index (χ4n) is 2.95. The van der Waals surface area contributed by atoms with Crippen LogP contribution in [0.25, 0.3) is 0 Å². The van der Waals surface area contributed by atoms with Gasteiger partial charge in [-0.1, -0.05) is 6.07 Å². The summed E-state index contributed by atoms with van der Waals surface area (Å²) in [7, 11) is 1.53. The number of rotatable bonds is 4. The Bertz CT molecular complexity index is 855. The van der Waals surface area contributed by atoms with Gasteiger partial charge in [0.25, 0.3) is 0 Å². The average molecular weight is 370 g/mol. The van der Waals surface area contributed by atoms with Gasteiger partial charge in [-0.2, -0.15) is 18.3 Å². The molecule has 1 aromatic heterocycles. The highest BCUT2D eigenvalue weighted by atomic mass is 32.2. The number of aromatic hydroxyl groups is 1.